The quantitative estimate of drug-likeness (QED) is 0.465. The molecule has 4 rings (SSSR count). The molecule has 0 fully saturated rings. The van der Waals surface area contributed by atoms with Crippen molar-refractivity contribution in [1.82, 2.24) is 19.7 Å². The summed E-state index contributed by atoms with van der Waals surface area (Å²) in [7, 11) is 0. The first-order valence-corrected chi connectivity index (χ1v) is 10.0. The Morgan fingerprint density at radius 3 is 2.58 bits per heavy atom. The Hall–Kier alpha value is -4.00. The number of benzene rings is 1. The molecule has 0 aliphatic heterocycles. The van der Waals surface area contributed by atoms with E-state index in [1.54, 1.807) is 41.6 Å². The van der Waals surface area contributed by atoms with Gasteiger partial charge in [-0.05, 0) is 50.1 Å². The highest BCUT2D eigenvalue weighted by atomic mass is 16.4. The average molecular weight is 413 g/mol. The summed E-state index contributed by atoms with van der Waals surface area (Å²) in [5.74, 6) is -0.319. The third kappa shape index (κ3) is 3.90. The van der Waals surface area contributed by atoms with Gasteiger partial charge in [0.1, 0.15) is 5.82 Å². The number of aryl methyl sites for hydroxylation is 3. The van der Waals surface area contributed by atoms with Gasteiger partial charge in [-0.15, -0.1) is 0 Å². The molecule has 0 atom stereocenters. The fourth-order valence-corrected chi connectivity index (χ4v) is 3.56. The SMILES string of the molecule is CCc1nn(-c2cnccc2C)c(Nc2ccc(C)cc2C(=O)O)c1-c1cccnc1. The van der Waals surface area contributed by atoms with Crippen LogP contribution in [0, 0.1) is 13.8 Å². The lowest BCUT2D eigenvalue weighted by Gasteiger charge is -2.15. The van der Waals surface area contributed by atoms with Crippen molar-refractivity contribution in [3.05, 3.63) is 83.6 Å². The van der Waals surface area contributed by atoms with Crippen molar-refractivity contribution in [2.45, 2.75) is 27.2 Å². The Bertz CT molecular complexity index is 1250. The van der Waals surface area contributed by atoms with E-state index < -0.39 is 5.97 Å². The van der Waals surface area contributed by atoms with Gasteiger partial charge in [0.15, 0.2) is 0 Å². The summed E-state index contributed by atoms with van der Waals surface area (Å²) >= 11 is 0. The van der Waals surface area contributed by atoms with E-state index in [0.29, 0.717) is 17.9 Å². The van der Waals surface area contributed by atoms with Gasteiger partial charge in [-0.2, -0.15) is 5.10 Å². The largest absolute Gasteiger partial charge is 0.478 e. The number of aromatic nitrogens is 4. The van der Waals surface area contributed by atoms with Crippen LogP contribution in [0.3, 0.4) is 0 Å². The van der Waals surface area contributed by atoms with Gasteiger partial charge in [0, 0.05) is 29.7 Å². The van der Waals surface area contributed by atoms with E-state index in [0.717, 1.165) is 33.6 Å². The second-order valence-corrected chi connectivity index (χ2v) is 7.32. The molecule has 1 aromatic carbocycles. The lowest BCUT2D eigenvalue weighted by atomic mass is 10.0. The predicted molar refractivity (Wildman–Crippen MR) is 120 cm³/mol. The summed E-state index contributed by atoms with van der Waals surface area (Å²) in [6.45, 7) is 5.91. The van der Waals surface area contributed by atoms with Crippen molar-refractivity contribution < 1.29 is 9.90 Å². The summed E-state index contributed by atoms with van der Waals surface area (Å²) in [4.78, 5) is 20.4. The first kappa shape index (κ1) is 20.3. The molecule has 156 valence electrons. The third-order valence-corrected chi connectivity index (χ3v) is 5.14. The van der Waals surface area contributed by atoms with Crippen LogP contribution in [-0.2, 0) is 6.42 Å². The monoisotopic (exact) mass is 413 g/mol. The number of anilines is 2. The summed E-state index contributed by atoms with van der Waals surface area (Å²) in [5.41, 5.74) is 6.06. The molecule has 7 nitrogen and oxygen atoms in total. The second-order valence-electron chi connectivity index (χ2n) is 7.32. The van der Waals surface area contributed by atoms with Crippen molar-refractivity contribution in [2.24, 2.45) is 0 Å². The number of rotatable bonds is 6. The Kier molecular flexibility index (Phi) is 5.49. The number of carbonyl (C=O) groups is 1. The van der Waals surface area contributed by atoms with E-state index in [-0.39, 0.29) is 5.56 Å². The van der Waals surface area contributed by atoms with Gasteiger partial charge in [-0.25, -0.2) is 9.48 Å². The van der Waals surface area contributed by atoms with Crippen LogP contribution >= 0.6 is 0 Å². The van der Waals surface area contributed by atoms with E-state index in [4.69, 9.17) is 5.10 Å². The van der Waals surface area contributed by atoms with Crippen molar-refractivity contribution in [1.29, 1.82) is 0 Å². The fraction of sp³-hybridized carbons (Fsp3) is 0.167. The molecule has 0 radical (unpaired) electrons. The molecule has 7 heteroatoms. The van der Waals surface area contributed by atoms with Crippen molar-refractivity contribution >= 4 is 17.5 Å². The zero-order chi connectivity index (χ0) is 22.0. The Balaban J connectivity index is 1.99. The first-order valence-electron chi connectivity index (χ1n) is 10.0. The molecule has 0 bridgehead atoms. The Labute approximate surface area is 180 Å². The van der Waals surface area contributed by atoms with Crippen molar-refractivity contribution in [3.8, 4) is 16.8 Å². The van der Waals surface area contributed by atoms with Crippen LogP contribution in [0.2, 0.25) is 0 Å². The van der Waals surface area contributed by atoms with Crippen molar-refractivity contribution in [2.75, 3.05) is 5.32 Å². The topological polar surface area (TPSA) is 92.9 Å². The van der Waals surface area contributed by atoms with Crippen LogP contribution < -0.4 is 5.32 Å². The zero-order valence-corrected chi connectivity index (χ0v) is 17.6. The molecule has 0 aliphatic rings. The van der Waals surface area contributed by atoms with Gasteiger partial charge >= 0.3 is 5.97 Å². The molecule has 0 unspecified atom stereocenters. The minimum atomic E-state index is -0.992. The normalized spacial score (nSPS) is 10.8. The second kappa shape index (κ2) is 8.39. The molecular formula is C24H23N5O2. The third-order valence-electron chi connectivity index (χ3n) is 5.14. The number of carboxylic acids is 1. The molecule has 0 amide bonds. The van der Waals surface area contributed by atoms with E-state index in [2.05, 4.69) is 15.3 Å². The Morgan fingerprint density at radius 1 is 1.10 bits per heavy atom. The maximum absolute atomic E-state index is 11.9. The van der Waals surface area contributed by atoms with Gasteiger partial charge in [-0.3, -0.25) is 9.97 Å². The molecule has 31 heavy (non-hydrogen) atoms. The standard InChI is InChI=1S/C24H23N5O2/c1-4-19-22(17-6-5-10-25-13-17)23(29(28-19)21-14-26-11-9-16(21)3)27-20-8-7-15(2)12-18(20)24(30)31/h5-14,27H,4H2,1-3H3,(H,30,31). The lowest BCUT2D eigenvalue weighted by Crippen LogP contribution is -2.08. The summed E-state index contributed by atoms with van der Waals surface area (Å²) in [6.07, 6.45) is 7.70. The van der Waals surface area contributed by atoms with Crippen LogP contribution in [0.1, 0.15) is 34.1 Å². The number of hydrogen-bond donors (Lipinski definition) is 2. The fourth-order valence-electron chi connectivity index (χ4n) is 3.56. The molecule has 0 saturated heterocycles. The number of nitrogens with zero attached hydrogens (tertiary/aromatic N) is 4. The number of hydrogen-bond acceptors (Lipinski definition) is 5. The molecular weight excluding hydrogens is 390 g/mol. The minimum absolute atomic E-state index is 0.200. The molecule has 4 aromatic rings. The van der Waals surface area contributed by atoms with Crippen LogP contribution in [-0.4, -0.2) is 30.8 Å². The van der Waals surface area contributed by atoms with Crippen LogP contribution in [0.4, 0.5) is 11.5 Å². The predicted octanol–water partition coefficient (Wildman–Crippen LogP) is 4.95. The van der Waals surface area contributed by atoms with Crippen LogP contribution in [0.25, 0.3) is 16.8 Å². The highest BCUT2D eigenvalue weighted by molar-refractivity contribution is 5.96. The molecule has 2 N–H and O–H groups in total. The zero-order valence-electron chi connectivity index (χ0n) is 17.6. The number of aromatic carboxylic acids is 1. The van der Waals surface area contributed by atoms with Gasteiger partial charge in [0.05, 0.1) is 28.8 Å². The van der Waals surface area contributed by atoms with Gasteiger partial charge < -0.3 is 10.4 Å². The first-order chi connectivity index (χ1) is 15.0. The van der Waals surface area contributed by atoms with Gasteiger partial charge in [0.25, 0.3) is 0 Å². The molecule has 0 saturated carbocycles. The van der Waals surface area contributed by atoms with Crippen LogP contribution in [0.15, 0.2) is 61.2 Å². The van der Waals surface area contributed by atoms with E-state index in [9.17, 15) is 9.90 Å². The maximum Gasteiger partial charge on any atom is 0.337 e. The number of pyridine rings is 2. The maximum atomic E-state index is 11.9. The lowest BCUT2D eigenvalue weighted by molar-refractivity contribution is 0.0698. The van der Waals surface area contributed by atoms with E-state index in [1.807, 2.05) is 45.0 Å². The summed E-state index contributed by atoms with van der Waals surface area (Å²) in [5, 5.41) is 18.0. The van der Waals surface area contributed by atoms with Gasteiger partial charge in [0.2, 0.25) is 0 Å². The minimum Gasteiger partial charge on any atom is -0.478 e. The van der Waals surface area contributed by atoms with E-state index in [1.165, 1.54) is 0 Å². The summed E-state index contributed by atoms with van der Waals surface area (Å²) in [6, 6.07) is 11.1. The van der Waals surface area contributed by atoms with Gasteiger partial charge in [-0.1, -0.05) is 24.6 Å². The molecule has 0 aliphatic carbocycles. The molecule has 0 spiro atoms. The number of carboxylic acid groups (broad SMARTS) is 1. The summed E-state index contributed by atoms with van der Waals surface area (Å²) < 4.78 is 1.80. The smallest absolute Gasteiger partial charge is 0.337 e. The van der Waals surface area contributed by atoms with Crippen molar-refractivity contribution in [3.63, 3.8) is 0 Å². The highest BCUT2D eigenvalue weighted by Gasteiger charge is 2.22. The Morgan fingerprint density at radius 2 is 1.90 bits per heavy atom. The number of nitrogens with one attached hydrogen (secondary N) is 1. The van der Waals surface area contributed by atoms with E-state index >= 15 is 0 Å². The highest BCUT2D eigenvalue weighted by Crippen LogP contribution is 2.36. The average Bonchev–Trinajstić information content (AvgIpc) is 3.13. The van der Waals surface area contributed by atoms with Crippen LogP contribution in [0.5, 0.6) is 0 Å². The molecule has 3 aromatic heterocycles. The molecule has 3 heterocycles.